The second-order valence-corrected chi connectivity index (χ2v) is 17.5. The van der Waals surface area contributed by atoms with Crippen LogP contribution in [0.5, 0.6) is 5.75 Å². The first kappa shape index (κ1) is 43.9. The van der Waals surface area contributed by atoms with Gasteiger partial charge in [-0.1, -0.05) is 46.4 Å². The first-order valence-electron chi connectivity index (χ1n) is 21.2. The number of hydrazine groups is 1. The van der Waals surface area contributed by atoms with Gasteiger partial charge in [-0.3, -0.25) is 33.8 Å². The van der Waals surface area contributed by atoms with Crippen LogP contribution in [0.3, 0.4) is 0 Å². The number of hydroxylamine groups is 2. The lowest BCUT2D eigenvalue weighted by molar-refractivity contribution is -0.183. The van der Waals surface area contributed by atoms with E-state index in [9.17, 15) is 29.1 Å². The molecule has 2 aromatic carbocycles. The molecule has 2 fully saturated rings. The lowest BCUT2D eigenvalue weighted by Crippen LogP contribution is -2.62. The van der Waals surface area contributed by atoms with Gasteiger partial charge in [0, 0.05) is 67.3 Å². The van der Waals surface area contributed by atoms with E-state index in [-0.39, 0.29) is 38.3 Å². The first-order chi connectivity index (χ1) is 29.6. The number of aromatic nitrogens is 3. The van der Waals surface area contributed by atoms with Gasteiger partial charge in [-0.25, -0.2) is 20.5 Å². The van der Waals surface area contributed by atoms with Crippen molar-refractivity contribution in [3.63, 3.8) is 0 Å². The van der Waals surface area contributed by atoms with Gasteiger partial charge in [0.15, 0.2) is 6.10 Å². The SMILES string of the molecule is C=CC(=O)N1CC[C@@H](C(=O)N(C)[C@H](C(=O)N[C@H]2Cc3cc(O)cc(c3)-c3ccc4c(c3)c(c(-c3cncnc3)n4CC)CC(C)(C)COC(=O)[C@@H]3CCCN(N3)C2=O)C(C)C)O1. The van der Waals surface area contributed by atoms with Gasteiger partial charge < -0.3 is 24.6 Å². The van der Waals surface area contributed by atoms with Crippen molar-refractivity contribution in [2.75, 3.05) is 26.7 Å². The number of hydrogen-bond donors (Lipinski definition) is 3. The standard InChI is InChI=1S/C46H56N8O8/c1-8-39(56)54-16-14-38(62-54)44(59)51(7)40(27(3)4)42(57)49-36-19-28-17-30(20-32(55)18-28)29-12-13-37-33(21-29)34(41(52(37)9-2)31-23-47-26-48-24-31)22-46(5,6)25-61-45(60)35-11-10-15-53(50-35)43(36)58/h8,12-13,17-18,20-21,23-24,26-27,35-36,38,40,50,55H,1,9-11,14-16,19,22,25H2,2-7H3,(H,49,57)/t35-,36-,38-,40-/m0/s1. The fourth-order valence-electron chi connectivity index (χ4n) is 8.93. The predicted molar refractivity (Wildman–Crippen MR) is 230 cm³/mol. The second-order valence-electron chi connectivity index (χ2n) is 17.5. The summed E-state index contributed by atoms with van der Waals surface area (Å²) < 4.78 is 8.26. The molecule has 0 saturated carbocycles. The third-order valence-electron chi connectivity index (χ3n) is 11.9. The van der Waals surface area contributed by atoms with Crippen LogP contribution in [-0.4, -0.2) is 115 Å². The zero-order chi connectivity index (χ0) is 44.5. The largest absolute Gasteiger partial charge is 0.508 e. The average molecular weight is 849 g/mol. The van der Waals surface area contributed by atoms with Gasteiger partial charge >= 0.3 is 5.97 Å². The van der Waals surface area contributed by atoms with E-state index < -0.39 is 65.2 Å². The average Bonchev–Trinajstić information content (AvgIpc) is 3.87. The molecule has 5 heterocycles. The van der Waals surface area contributed by atoms with Crippen LogP contribution in [0.2, 0.25) is 0 Å². The predicted octanol–water partition coefficient (Wildman–Crippen LogP) is 4.34. The van der Waals surface area contributed by atoms with Crippen molar-refractivity contribution >= 4 is 40.5 Å². The summed E-state index contributed by atoms with van der Waals surface area (Å²) in [5.41, 5.74) is 8.52. The first-order valence-corrected chi connectivity index (χ1v) is 21.2. The number of rotatable bonds is 8. The number of nitrogens with one attached hydrogen (secondary N) is 2. The van der Waals surface area contributed by atoms with Crippen LogP contribution in [-0.2, 0) is 52.9 Å². The highest BCUT2D eigenvalue weighted by Crippen LogP contribution is 2.40. The Morgan fingerprint density at radius 3 is 2.53 bits per heavy atom. The molecule has 3 aliphatic heterocycles. The van der Waals surface area contributed by atoms with Gasteiger partial charge in [0.2, 0.25) is 5.91 Å². The number of hydrogen-bond acceptors (Lipinski definition) is 11. The number of esters is 1. The fourth-order valence-corrected chi connectivity index (χ4v) is 8.93. The van der Waals surface area contributed by atoms with Crippen LogP contribution in [0, 0.1) is 11.3 Å². The maximum atomic E-state index is 14.6. The molecule has 2 aromatic heterocycles. The molecular formula is C46H56N8O8. The minimum atomic E-state index is -1.19. The van der Waals surface area contributed by atoms with E-state index >= 15 is 0 Å². The molecule has 3 N–H and O–H groups in total. The number of fused-ring (bicyclic) bond motifs is 6. The van der Waals surface area contributed by atoms with E-state index in [0.717, 1.165) is 44.4 Å². The van der Waals surface area contributed by atoms with Crippen LogP contribution in [0.25, 0.3) is 33.3 Å². The van der Waals surface area contributed by atoms with Gasteiger partial charge in [-0.2, -0.15) is 0 Å². The molecule has 6 bridgehead atoms. The van der Waals surface area contributed by atoms with E-state index in [1.165, 1.54) is 23.3 Å². The number of aromatic hydroxyl groups is 1. The van der Waals surface area contributed by atoms with Crippen LogP contribution >= 0.6 is 0 Å². The van der Waals surface area contributed by atoms with E-state index in [4.69, 9.17) is 9.57 Å². The lowest BCUT2D eigenvalue weighted by Gasteiger charge is -2.37. The molecule has 0 radical (unpaired) electrons. The highest BCUT2D eigenvalue weighted by molar-refractivity contribution is 5.96. The summed E-state index contributed by atoms with van der Waals surface area (Å²) in [6.07, 6.45) is 6.89. The maximum Gasteiger partial charge on any atom is 0.324 e. The summed E-state index contributed by atoms with van der Waals surface area (Å²) in [5.74, 6) is -2.96. The number of phenols is 1. The van der Waals surface area contributed by atoms with E-state index in [1.54, 1.807) is 38.4 Å². The van der Waals surface area contributed by atoms with Crippen molar-refractivity contribution in [3.8, 4) is 28.1 Å². The van der Waals surface area contributed by atoms with E-state index in [0.29, 0.717) is 36.9 Å². The van der Waals surface area contributed by atoms with Crippen molar-refractivity contribution in [1.29, 1.82) is 0 Å². The number of likely N-dealkylation sites (N-methyl/N-ethyl adjacent to an activating group) is 1. The van der Waals surface area contributed by atoms with E-state index in [1.807, 2.05) is 12.1 Å². The number of amides is 4. The maximum absolute atomic E-state index is 14.6. The highest BCUT2D eigenvalue weighted by atomic mass is 16.7. The van der Waals surface area contributed by atoms with Crippen LogP contribution in [0.4, 0.5) is 0 Å². The van der Waals surface area contributed by atoms with Gasteiger partial charge in [-0.15, -0.1) is 0 Å². The molecule has 328 valence electrons. The molecule has 7 rings (SSSR count). The monoisotopic (exact) mass is 848 g/mol. The quantitative estimate of drug-likeness (QED) is 0.169. The summed E-state index contributed by atoms with van der Waals surface area (Å²) in [7, 11) is 1.50. The molecule has 0 spiro atoms. The molecule has 4 atom stereocenters. The molecule has 62 heavy (non-hydrogen) atoms. The number of benzene rings is 2. The molecule has 16 nitrogen and oxygen atoms in total. The molecule has 4 amide bonds. The van der Waals surface area contributed by atoms with Gasteiger partial charge in [0.1, 0.15) is 30.2 Å². The Labute approximate surface area is 361 Å². The second kappa shape index (κ2) is 18.1. The van der Waals surface area contributed by atoms with Crippen molar-refractivity contribution < 1.29 is 38.7 Å². The Balaban J connectivity index is 1.28. The summed E-state index contributed by atoms with van der Waals surface area (Å²) in [5, 5.41) is 17.6. The summed E-state index contributed by atoms with van der Waals surface area (Å²) in [6, 6.07) is 8.25. The van der Waals surface area contributed by atoms with Crippen LogP contribution < -0.4 is 10.7 Å². The number of nitrogens with zero attached hydrogens (tertiary/aromatic N) is 6. The molecule has 4 aromatic rings. The topological polar surface area (TPSA) is 189 Å². The molecular weight excluding hydrogens is 793 g/mol. The summed E-state index contributed by atoms with van der Waals surface area (Å²) in [4.78, 5) is 84.2. The van der Waals surface area contributed by atoms with Crippen molar-refractivity contribution in [3.05, 3.63) is 78.9 Å². The Kier molecular flexibility index (Phi) is 12.8. The van der Waals surface area contributed by atoms with Crippen molar-refractivity contribution in [2.24, 2.45) is 11.3 Å². The summed E-state index contributed by atoms with van der Waals surface area (Å²) in [6.45, 7) is 14.5. The zero-order valence-electron chi connectivity index (χ0n) is 36.2. The third kappa shape index (κ3) is 9.07. The fraction of sp³-hybridized carbons (Fsp3) is 0.457. The number of carbonyl (C=O) groups excluding carboxylic acids is 5. The Morgan fingerprint density at radius 1 is 1.06 bits per heavy atom. The van der Waals surface area contributed by atoms with Crippen LogP contribution in [0.15, 0.2) is 67.8 Å². The molecule has 0 unspecified atom stereocenters. The van der Waals surface area contributed by atoms with Gasteiger partial charge in [0.25, 0.3) is 17.7 Å². The number of cyclic esters (lactones) is 1. The van der Waals surface area contributed by atoms with Crippen molar-refractivity contribution in [2.45, 2.75) is 97.5 Å². The molecule has 3 aliphatic rings. The highest BCUT2D eigenvalue weighted by Gasteiger charge is 2.41. The Bertz CT molecular complexity index is 2380. The van der Waals surface area contributed by atoms with Gasteiger partial charge in [-0.05, 0) is 84.7 Å². The number of ether oxygens (including phenoxy) is 1. The number of phenolic OH excluding ortho intramolecular Hbond substituents is 1. The number of aryl methyl sites for hydroxylation is 1. The minimum Gasteiger partial charge on any atom is -0.508 e. The summed E-state index contributed by atoms with van der Waals surface area (Å²) >= 11 is 0. The van der Waals surface area contributed by atoms with Crippen molar-refractivity contribution in [1.82, 2.24) is 40.2 Å². The van der Waals surface area contributed by atoms with E-state index in [2.05, 4.69) is 64.8 Å². The zero-order valence-corrected chi connectivity index (χ0v) is 36.2. The van der Waals surface area contributed by atoms with Gasteiger partial charge in [0.05, 0.1) is 18.8 Å². The molecule has 0 aliphatic carbocycles. The normalized spacial score (nSPS) is 21.0. The lowest BCUT2D eigenvalue weighted by atomic mass is 9.84. The Hall–Kier alpha value is -6.13. The molecule has 2 saturated heterocycles. The third-order valence-corrected chi connectivity index (χ3v) is 11.9. The molecule has 16 heteroatoms. The Morgan fingerprint density at radius 2 is 1.82 bits per heavy atom. The van der Waals surface area contributed by atoms with Crippen LogP contribution in [0.1, 0.15) is 65.0 Å². The number of carbonyl (C=O) groups is 5. The smallest absolute Gasteiger partial charge is 0.324 e. The minimum absolute atomic E-state index is 0.0241.